The van der Waals surface area contributed by atoms with Crippen molar-refractivity contribution < 1.29 is 10.0 Å². The summed E-state index contributed by atoms with van der Waals surface area (Å²) in [5.41, 5.74) is 5.68. The Kier molecular flexibility index (Phi) is 4.25. The van der Waals surface area contributed by atoms with Crippen molar-refractivity contribution in [2.45, 2.75) is 31.5 Å². The zero-order chi connectivity index (χ0) is 17.6. The summed E-state index contributed by atoms with van der Waals surface area (Å²) in [5.74, 6) is 0.0785. The van der Waals surface area contributed by atoms with E-state index in [0.717, 1.165) is 11.1 Å². The summed E-state index contributed by atoms with van der Waals surface area (Å²) >= 11 is 6.01. The first-order valence-electron chi connectivity index (χ1n) is 8.40. The molecule has 2 fully saturated rings. The lowest BCUT2D eigenvalue weighted by atomic mass is 9.91. The first-order chi connectivity index (χ1) is 12.1. The number of rotatable bonds is 3. The number of aryl methyl sites for hydroxylation is 1. The van der Waals surface area contributed by atoms with Crippen molar-refractivity contribution in [3.63, 3.8) is 0 Å². The molecule has 2 aliphatic heterocycles. The molecule has 6 heteroatoms. The van der Waals surface area contributed by atoms with E-state index in [0.29, 0.717) is 18.0 Å². The van der Waals surface area contributed by atoms with Gasteiger partial charge >= 0.3 is 0 Å². The second kappa shape index (κ2) is 6.42. The fourth-order valence-electron chi connectivity index (χ4n) is 3.97. The van der Waals surface area contributed by atoms with E-state index in [1.54, 1.807) is 5.01 Å². The molecule has 0 aliphatic carbocycles. The van der Waals surface area contributed by atoms with Crippen molar-refractivity contribution in [2.24, 2.45) is 0 Å². The van der Waals surface area contributed by atoms with E-state index in [2.05, 4.69) is 34.8 Å². The summed E-state index contributed by atoms with van der Waals surface area (Å²) in [6, 6.07) is 15.0. The van der Waals surface area contributed by atoms with Crippen molar-refractivity contribution in [3.05, 3.63) is 70.2 Å². The van der Waals surface area contributed by atoms with Crippen LogP contribution in [0, 0.1) is 6.92 Å². The molecule has 0 aromatic heterocycles. The van der Waals surface area contributed by atoms with Crippen LogP contribution in [0.2, 0.25) is 5.02 Å². The summed E-state index contributed by atoms with van der Waals surface area (Å²) in [5, 5.41) is 14.5. The van der Waals surface area contributed by atoms with Gasteiger partial charge in [0.25, 0.3) is 0 Å². The van der Waals surface area contributed by atoms with Gasteiger partial charge in [-0.25, -0.2) is 5.01 Å². The van der Waals surface area contributed by atoms with E-state index >= 15 is 0 Å². The minimum absolute atomic E-state index is 0.0785. The molecule has 1 amide bonds. The molecule has 2 N–H and O–H groups in total. The van der Waals surface area contributed by atoms with E-state index in [1.165, 1.54) is 5.56 Å². The van der Waals surface area contributed by atoms with Gasteiger partial charge in [-0.2, -0.15) is 5.48 Å². The van der Waals surface area contributed by atoms with Crippen molar-refractivity contribution >= 4 is 17.5 Å². The predicted octanol–water partition coefficient (Wildman–Crippen LogP) is 3.24. The predicted molar refractivity (Wildman–Crippen MR) is 95.0 cm³/mol. The highest BCUT2D eigenvalue weighted by molar-refractivity contribution is 6.30. The van der Waals surface area contributed by atoms with Crippen LogP contribution in [0.25, 0.3) is 0 Å². The summed E-state index contributed by atoms with van der Waals surface area (Å²) in [6.45, 7) is 2.70. The Morgan fingerprint density at radius 3 is 2.28 bits per heavy atom. The fraction of sp³-hybridized carbons (Fsp3) is 0.316. The number of carbonyl (C=O) groups excluding carboxylic acids is 1. The van der Waals surface area contributed by atoms with Crippen LogP contribution in [0.3, 0.4) is 0 Å². The van der Waals surface area contributed by atoms with Crippen LogP contribution in [0.4, 0.5) is 0 Å². The smallest absolute Gasteiger partial charge is 0.238 e. The molecule has 0 bridgehead atoms. The van der Waals surface area contributed by atoms with E-state index in [1.807, 2.05) is 31.2 Å². The molecule has 2 saturated heterocycles. The molecule has 3 atom stereocenters. The molecule has 2 aromatic rings. The average Bonchev–Trinajstić information content (AvgIpc) is 3.14. The minimum Gasteiger partial charge on any atom is -0.316 e. The van der Waals surface area contributed by atoms with Gasteiger partial charge in [0.1, 0.15) is 0 Å². The number of nitrogens with one attached hydrogen (secondary N) is 1. The van der Waals surface area contributed by atoms with Crippen LogP contribution in [-0.4, -0.2) is 33.7 Å². The van der Waals surface area contributed by atoms with Gasteiger partial charge in [0.15, 0.2) is 0 Å². The van der Waals surface area contributed by atoms with Gasteiger partial charge in [0.05, 0.1) is 18.1 Å². The zero-order valence-corrected chi connectivity index (χ0v) is 14.6. The van der Waals surface area contributed by atoms with Crippen LogP contribution in [0.5, 0.6) is 0 Å². The summed E-state index contributed by atoms with van der Waals surface area (Å²) in [7, 11) is 0. The first-order valence-corrected chi connectivity index (χ1v) is 8.78. The van der Waals surface area contributed by atoms with Gasteiger partial charge in [-0.05, 0) is 30.2 Å². The molecule has 25 heavy (non-hydrogen) atoms. The molecular weight excluding hydrogens is 338 g/mol. The molecule has 0 saturated carbocycles. The number of fused-ring (bicyclic) bond motifs is 1. The number of nitrogens with zero attached hydrogens (tertiary/aromatic N) is 2. The SMILES string of the molecule is Cc1ccc([C@H]2[C@@H](NO)[C@H](c3ccc(Cl)cc3)N3C(=O)CCN23)cc1. The second-order valence-electron chi connectivity index (χ2n) is 6.66. The van der Waals surface area contributed by atoms with Gasteiger partial charge in [-0.15, -0.1) is 0 Å². The highest BCUT2D eigenvalue weighted by Crippen LogP contribution is 2.46. The molecule has 0 unspecified atom stereocenters. The van der Waals surface area contributed by atoms with Crippen molar-refractivity contribution in [1.29, 1.82) is 0 Å². The van der Waals surface area contributed by atoms with E-state index in [-0.39, 0.29) is 24.0 Å². The molecular formula is C19H20ClN3O2. The number of hydroxylamine groups is 1. The maximum atomic E-state index is 12.5. The molecule has 0 radical (unpaired) electrons. The minimum atomic E-state index is -0.326. The lowest BCUT2D eigenvalue weighted by molar-refractivity contribution is -0.138. The maximum Gasteiger partial charge on any atom is 0.238 e. The monoisotopic (exact) mass is 357 g/mol. The molecule has 5 nitrogen and oxygen atoms in total. The maximum absolute atomic E-state index is 12.5. The van der Waals surface area contributed by atoms with Crippen molar-refractivity contribution in [1.82, 2.24) is 15.5 Å². The molecule has 0 spiro atoms. The van der Waals surface area contributed by atoms with Crippen LogP contribution < -0.4 is 5.48 Å². The number of amides is 1. The Morgan fingerprint density at radius 2 is 1.64 bits per heavy atom. The van der Waals surface area contributed by atoms with Crippen LogP contribution in [0.15, 0.2) is 48.5 Å². The average molecular weight is 358 g/mol. The normalized spacial score (nSPS) is 26.3. The molecule has 4 rings (SSSR count). The van der Waals surface area contributed by atoms with Gasteiger partial charge in [-0.1, -0.05) is 53.6 Å². The van der Waals surface area contributed by atoms with Gasteiger partial charge in [0.2, 0.25) is 5.91 Å². The summed E-state index contributed by atoms with van der Waals surface area (Å²) < 4.78 is 0. The van der Waals surface area contributed by atoms with E-state index in [4.69, 9.17) is 11.6 Å². The fourth-order valence-corrected chi connectivity index (χ4v) is 4.09. The van der Waals surface area contributed by atoms with Gasteiger partial charge in [-0.3, -0.25) is 9.80 Å². The van der Waals surface area contributed by atoms with Crippen molar-refractivity contribution in [2.75, 3.05) is 6.54 Å². The molecule has 2 aliphatic rings. The Morgan fingerprint density at radius 1 is 1.04 bits per heavy atom. The Balaban J connectivity index is 1.79. The second-order valence-corrected chi connectivity index (χ2v) is 7.09. The largest absolute Gasteiger partial charge is 0.316 e. The third kappa shape index (κ3) is 2.73. The zero-order valence-electron chi connectivity index (χ0n) is 13.9. The highest BCUT2D eigenvalue weighted by Gasteiger charge is 2.53. The van der Waals surface area contributed by atoms with E-state index in [9.17, 15) is 10.0 Å². The number of benzene rings is 2. The standard InChI is InChI=1S/C19H20ClN3O2/c1-12-2-4-13(5-3-12)18-17(21-25)19(14-6-8-15(20)9-7-14)23-16(24)10-11-22(18)23/h2-9,17-19,21,25H,10-11H2,1H3/t17-,18+,19+/m1/s1. The lowest BCUT2D eigenvalue weighted by Crippen LogP contribution is -2.37. The summed E-state index contributed by atoms with van der Waals surface area (Å²) in [6.07, 6.45) is 0.491. The quantitative estimate of drug-likeness (QED) is 0.828. The van der Waals surface area contributed by atoms with E-state index < -0.39 is 0 Å². The molecule has 2 heterocycles. The Bertz CT molecular complexity index is 778. The van der Waals surface area contributed by atoms with Gasteiger partial charge < -0.3 is 5.21 Å². The highest BCUT2D eigenvalue weighted by atomic mass is 35.5. The number of hydrazine groups is 1. The number of hydrogen-bond acceptors (Lipinski definition) is 4. The van der Waals surface area contributed by atoms with Gasteiger partial charge in [0, 0.05) is 18.0 Å². The molecule has 2 aromatic carbocycles. The third-order valence-corrected chi connectivity index (χ3v) is 5.38. The Labute approximate surface area is 151 Å². The number of carbonyl (C=O) groups is 1. The van der Waals surface area contributed by atoms with Crippen LogP contribution >= 0.6 is 11.6 Å². The number of halogens is 1. The van der Waals surface area contributed by atoms with Crippen LogP contribution in [0.1, 0.15) is 35.2 Å². The Hall–Kier alpha value is -1.92. The topological polar surface area (TPSA) is 55.8 Å². The lowest BCUT2D eigenvalue weighted by Gasteiger charge is -2.27. The van der Waals surface area contributed by atoms with Crippen LogP contribution in [-0.2, 0) is 4.79 Å². The summed E-state index contributed by atoms with van der Waals surface area (Å²) in [4.78, 5) is 12.5. The number of hydrogen-bond donors (Lipinski definition) is 2. The first kappa shape index (κ1) is 16.5. The molecule has 130 valence electrons. The van der Waals surface area contributed by atoms with Crippen molar-refractivity contribution in [3.8, 4) is 0 Å². The third-order valence-electron chi connectivity index (χ3n) is 5.13.